The molecule has 1 aromatic heterocycles. The first-order chi connectivity index (χ1) is 6.02. The number of anilines is 1. The van der Waals surface area contributed by atoms with E-state index in [1.165, 1.54) is 12.3 Å². The molecule has 1 rings (SSSR count). The van der Waals surface area contributed by atoms with Crippen LogP contribution in [0.25, 0.3) is 0 Å². The number of nitrogens with two attached hydrogens (primary N) is 2. The van der Waals surface area contributed by atoms with Gasteiger partial charge in [-0.25, -0.2) is 4.98 Å². The Kier molecular flexibility index (Phi) is 2.69. The minimum atomic E-state index is -1.19. The Labute approximate surface area is 79.3 Å². The number of carboxylic acids is 1. The van der Waals surface area contributed by atoms with Crippen LogP contribution in [0.3, 0.4) is 0 Å². The van der Waals surface area contributed by atoms with E-state index in [-0.39, 0.29) is 10.7 Å². The van der Waals surface area contributed by atoms with E-state index in [1.807, 2.05) is 0 Å². The second-order valence-electron chi connectivity index (χ2n) is 2.46. The van der Waals surface area contributed by atoms with Crippen LogP contribution in [0.1, 0.15) is 11.6 Å². The summed E-state index contributed by atoms with van der Waals surface area (Å²) in [6.07, 6.45) is 1.33. The number of aromatic nitrogens is 1. The molecule has 13 heavy (non-hydrogen) atoms. The maximum Gasteiger partial charge on any atom is 0.325 e. The molecule has 0 bridgehead atoms. The van der Waals surface area contributed by atoms with Gasteiger partial charge in [0.25, 0.3) is 0 Å². The van der Waals surface area contributed by atoms with Gasteiger partial charge in [0.1, 0.15) is 11.2 Å². The van der Waals surface area contributed by atoms with E-state index in [9.17, 15) is 4.79 Å². The Hall–Kier alpha value is -1.33. The number of pyridine rings is 1. The Balaban J connectivity index is 3.12. The van der Waals surface area contributed by atoms with Gasteiger partial charge in [-0.05, 0) is 6.07 Å². The molecule has 0 amide bonds. The van der Waals surface area contributed by atoms with Crippen molar-refractivity contribution in [3.05, 3.63) is 23.0 Å². The highest BCUT2D eigenvalue weighted by Gasteiger charge is 2.18. The molecule has 1 atom stereocenters. The third-order valence-corrected chi connectivity index (χ3v) is 1.80. The lowest BCUT2D eigenvalue weighted by Gasteiger charge is -2.08. The zero-order valence-corrected chi connectivity index (χ0v) is 7.32. The van der Waals surface area contributed by atoms with Gasteiger partial charge in [-0.3, -0.25) is 4.79 Å². The number of nitrogens with zero attached hydrogens (tertiary/aromatic N) is 1. The zero-order chi connectivity index (χ0) is 10.0. The molecular weight excluding hydrogens is 194 g/mol. The van der Waals surface area contributed by atoms with Gasteiger partial charge in [-0.1, -0.05) is 11.6 Å². The molecule has 0 radical (unpaired) electrons. The SMILES string of the molecule is Nc1cnc(Cl)c([C@H](N)C(=O)O)c1. The van der Waals surface area contributed by atoms with Crippen LogP contribution < -0.4 is 11.5 Å². The molecule has 0 aliphatic rings. The molecule has 5 N–H and O–H groups in total. The maximum atomic E-state index is 10.5. The quantitative estimate of drug-likeness (QED) is 0.601. The van der Waals surface area contributed by atoms with E-state index in [1.54, 1.807) is 0 Å². The van der Waals surface area contributed by atoms with E-state index in [4.69, 9.17) is 28.2 Å². The number of carbonyl (C=O) groups is 1. The van der Waals surface area contributed by atoms with E-state index in [2.05, 4.69) is 4.98 Å². The number of carboxylic acid groups (broad SMARTS) is 1. The van der Waals surface area contributed by atoms with Crippen molar-refractivity contribution in [2.75, 3.05) is 5.73 Å². The summed E-state index contributed by atoms with van der Waals surface area (Å²) in [5, 5.41) is 8.66. The van der Waals surface area contributed by atoms with Crippen molar-refractivity contribution < 1.29 is 9.90 Å². The largest absolute Gasteiger partial charge is 0.480 e. The van der Waals surface area contributed by atoms with Crippen molar-refractivity contribution in [2.45, 2.75) is 6.04 Å². The minimum absolute atomic E-state index is 0.0594. The fourth-order valence-corrected chi connectivity index (χ4v) is 1.05. The predicted molar refractivity (Wildman–Crippen MR) is 48.2 cm³/mol. The van der Waals surface area contributed by atoms with Crippen LogP contribution in [0.15, 0.2) is 12.3 Å². The van der Waals surface area contributed by atoms with E-state index in [0.29, 0.717) is 5.69 Å². The molecule has 6 heteroatoms. The number of aliphatic carboxylic acids is 1. The topological polar surface area (TPSA) is 102 Å². The molecule has 70 valence electrons. The predicted octanol–water partition coefficient (Wildman–Crippen LogP) is 0.402. The van der Waals surface area contributed by atoms with Crippen LogP contribution in [0.2, 0.25) is 5.15 Å². The maximum absolute atomic E-state index is 10.5. The second-order valence-corrected chi connectivity index (χ2v) is 2.82. The van der Waals surface area contributed by atoms with Crippen molar-refractivity contribution in [2.24, 2.45) is 5.73 Å². The molecule has 0 saturated heterocycles. The molecule has 1 heterocycles. The summed E-state index contributed by atoms with van der Waals surface area (Å²) >= 11 is 5.63. The van der Waals surface area contributed by atoms with Gasteiger partial charge in [0, 0.05) is 5.56 Å². The van der Waals surface area contributed by atoms with Crippen molar-refractivity contribution >= 4 is 23.3 Å². The number of nitrogen functional groups attached to an aromatic ring is 1. The standard InChI is InChI=1S/C7H8ClN3O2/c8-6-4(5(10)7(12)13)1-3(9)2-11-6/h1-2,5H,9-10H2,(H,12,13)/t5-/m0/s1. The van der Waals surface area contributed by atoms with Gasteiger partial charge in [0.2, 0.25) is 0 Å². The molecule has 0 unspecified atom stereocenters. The Morgan fingerprint density at radius 3 is 2.85 bits per heavy atom. The third kappa shape index (κ3) is 2.07. The first-order valence-electron chi connectivity index (χ1n) is 3.41. The van der Waals surface area contributed by atoms with Crippen LogP contribution in [0.5, 0.6) is 0 Å². The fraction of sp³-hybridized carbons (Fsp3) is 0.143. The van der Waals surface area contributed by atoms with Gasteiger partial charge in [-0.2, -0.15) is 0 Å². The summed E-state index contributed by atoms with van der Waals surface area (Å²) in [4.78, 5) is 14.2. The smallest absolute Gasteiger partial charge is 0.325 e. The highest BCUT2D eigenvalue weighted by Crippen LogP contribution is 2.21. The van der Waals surface area contributed by atoms with Crippen molar-refractivity contribution in [1.29, 1.82) is 0 Å². The summed E-state index contributed by atoms with van der Waals surface area (Å²) in [6.45, 7) is 0. The number of hydrogen-bond acceptors (Lipinski definition) is 4. The van der Waals surface area contributed by atoms with E-state index >= 15 is 0 Å². The van der Waals surface area contributed by atoms with Crippen LogP contribution in [0, 0.1) is 0 Å². The molecular formula is C7H8ClN3O2. The summed E-state index contributed by atoms with van der Waals surface area (Å²) in [5.74, 6) is -1.17. The van der Waals surface area contributed by atoms with E-state index in [0.717, 1.165) is 0 Å². The third-order valence-electron chi connectivity index (χ3n) is 1.49. The van der Waals surface area contributed by atoms with Crippen molar-refractivity contribution in [1.82, 2.24) is 4.98 Å². The fourth-order valence-electron chi connectivity index (χ4n) is 0.833. The summed E-state index contributed by atoms with van der Waals surface area (Å²) in [6, 6.07) is 0.206. The summed E-state index contributed by atoms with van der Waals surface area (Å²) in [7, 11) is 0. The van der Waals surface area contributed by atoms with Crippen molar-refractivity contribution in [3.63, 3.8) is 0 Å². The molecule has 5 nitrogen and oxygen atoms in total. The summed E-state index contributed by atoms with van der Waals surface area (Å²) in [5.41, 5.74) is 11.3. The molecule has 0 aliphatic carbocycles. The van der Waals surface area contributed by atoms with Gasteiger partial charge in [0.05, 0.1) is 11.9 Å². The van der Waals surface area contributed by atoms with Crippen LogP contribution in [0.4, 0.5) is 5.69 Å². The zero-order valence-electron chi connectivity index (χ0n) is 6.57. The lowest BCUT2D eigenvalue weighted by molar-refractivity contribution is -0.138. The average Bonchev–Trinajstić information content (AvgIpc) is 2.08. The summed E-state index contributed by atoms with van der Waals surface area (Å²) < 4.78 is 0. The normalized spacial score (nSPS) is 12.5. The number of rotatable bonds is 2. The van der Waals surface area contributed by atoms with Crippen LogP contribution in [-0.4, -0.2) is 16.1 Å². The van der Waals surface area contributed by atoms with Crippen molar-refractivity contribution in [3.8, 4) is 0 Å². The molecule has 1 aromatic rings. The second kappa shape index (κ2) is 3.59. The van der Waals surface area contributed by atoms with Crippen LogP contribution in [-0.2, 0) is 4.79 Å². The van der Waals surface area contributed by atoms with Gasteiger partial charge < -0.3 is 16.6 Å². The minimum Gasteiger partial charge on any atom is -0.480 e. The molecule has 0 saturated carbocycles. The Bertz CT molecular complexity index is 343. The average molecular weight is 202 g/mol. The van der Waals surface area contributed by atoms with Gasteiger partial charge >= 0.3 is 5.97 Å². The van der Waals surface area contributed by atoms with Gasteiger partial charge in [-0.15, -0.1) is 0 Å². The molecule has 0 fully saturated rings. The Morgan fingerprint density at radius 1 is 1.69 bits per heavy atom. The molecule has 0 aromatic carbocycles. The highest BCUT2D eigenvalue weighted by atomic mass is 35.5. The first kappa shape index (κ1) is 9.76. The number of halogens is 1. The lowest BCUT2D eigenvalue weighted by atomic mass is 10.1. The first-order valence-corrected chi connectivity index (χ1v) is 3.79. The van der Waals surface area contributed by atoms with E-state index < -0.39 is 12.0 Å². The monoisotopic (exact) mass is 201 g/mol. The highest BCUT2D eigenvalue weighted by molar-refractivity contribution is 6.30. The molecule has 0 aliphatic heterocycles. The lowest BCUT2D eigenvalue weighted by Crippen LogP contribution is -2.21. The number of hydrogen-bond donors (Lipinski definition) is 3. The van der Waals surface area contributed by atoms with Gasteiger partial charge in [0.15, 0.2) is 0 Å². The Morgan fingerprint density at radius 2 is 2.31 bits per heavy atom. The van der Waals surface area contributed by atoms with Crippen LogP contribution >= 0.6 is 11.6 Å². The molecule has 0 spiro atoms.